The van der Waals surface area contributed by atoms with Gasteiger partial charge in [0.15, 0.2) is 0 Å². The normalized spacial score (nSPS) is 13.7. The molecule has 154 valence electrons. The summed E-state index contributed by atoms with van der Waals surface area (Å²) >= 11 is 0. The number of carbonyl (C=O) groups excluding carboxylic acids is 1. The quantitative estimate of drug-likeness (QED) is 0.573. The number of benzene rings is 1. The Morgan fingerprint density at radius 2 is 2.03 bits per heavy atom. The highest BCUT2D eigenvalue weighted by Gasteiger charge is 2.30. The number of amides is 1. The highest BCUT2D eigenvalue weighted by atomic mass is 16.6. The Hall–Kier alpha value is -3.63. The summed E-state index contributed by atoms with van der Waals surface area (Å²) in [6.07, 6.45) is 0.896. The van der Waals surface area contributed by atoms with Crippen LogP contribution in [0.2, 0.25) is 0 Å². The van der Waals surface area contributed by atoms with Gasteiger partial charge in [0.25, 0.3) is 0 Å². The van der Waals surface area contributed by atoms with Crippen molar-refractivity contribution in [3.05, 3.63) is 40.7 Å². The second-order valence-electron chi connectivity index (χ2n) is 6.18. The molecule has 3 rings (SSSR count). The third-order valence-corrected chi connectivity index (χ3v) is 4.42. The van der Waals surface area contributed by atoms with Crippen LogP contribution in [0.25, 0.3) is 0 Å². The summed E-state index contributed by atoms with van der Waals surface area (Å²) in [5, 5.41) is 14.8. The lowest BCUT2D eigenvalue weighted by atomic mass is 10.2. The van der Waals surface area contributed by atoms with Crippen molar-refractivity contribution >= 4 is 29.1 Å². The summed E-state index contributed by atoms with van der Waals surface area (Å²) in [6, 6.07) is 7.01. The second-order valence-corrected chi connectivity index (χ2v) is 6.18. The van der Waals surface area contributed by atoms with E-state index in [0.717, 1.165) is 0 Å². The van der Waals surface area contributed by atoms with Crippen molar-refractivity contribution in [1.82, 2.24) is 14.9 Å². The molecule has 1 N–H and O–H groups in total. The van der Waals surface area contributed by atoms with Gasteiger partial charge in [-0.25, -0.2) is 14.8 Å². The fraction of sp³-hybridized carbons (Fsp3) is 0.389. The van der Waals surface area contributed by atoms with Crippen LogP contribution in [0.3, 0.4) is 0 Å². The molecule has 1 saturated heterocycles. The van der Waals surface area contributed by atoms with E-state index < -0.39 is 4.92 Å². The van der Waals surface area contributed by atoms with Crippen LogP contribution in [-0.2, 0) is 4.74 Å². The molecule has 1 aliphatic heterocycles. The van der Waals surface area contributed by atoms with Crippen molar-refractivity contribution in [1.29, 1.82) is 0 Å². The highest BCUT2D eigenvalue weighted by molar-refractivity contribution is 5.75. The molecule has 0 bridgehead atoms. The van der Waals surface area contributed by atoms with E-state index in [-0.39, 0.29) is 23.4 Å². The molecule has 11 heteroatoms. The Balaban J connectivity index is 1.82. The molecule has 29 heavy (non-hydrogen) atoms. The Morgan fingerprint density at radius 1 is 1.28 bits per heavy atom. The number of rotatable bonds is 6. The summed E-state index contributed by atoms with van der Waals surface area (Å²) in [7, 11) is 1.54. The maximum absolute atomic E-state index is 11.9. The topological polar surface area (TPSA) is 123 Å². The molecular weight excluding hydrogens is 380 g/mol. The van der Waals surface area contributed by atoms with Crippen LogP contribution in [0.15, 0.2) is 30.6 Å². The molecule has 0 radical (unpaired) electrons. The zero-order valence-electron chi connectivity index (χ0n) is 16.2. The number of hydrogen-bond donors (Lipinski definition) is 1. The van der Waals surface area contributed by atoms with Gasteiger partial charge in [-0.2, -0.15) is 0 Å². The molecule has 11 nitrogen and oxygen atoms in total. The number of aromatic nitrogens is 2. The van der Waals surface area contributed by atoms with Crippen LogP contribution in [-0.4, -0.2) is 65.8 Å². The molecular formula is C18H22N6O5. The fourth-order valence-corrected chi connectivity index (χ4v) is 3.01. The molecule has 0 saturated carbocycles. The minimum absolute atomic E-state index is 0.0843. The van der Waals surface area contributed by atoms with Gasteiger partial charge >= 0.3 is 11.8 Å². The Morgan fingerprint density at radius 3 is 2.69 bits per heavy atom. The van der Waals surface area contributed by atoms with Gasteiger partial charge in [-0.05, 0) is 19.1 Å². The van der Waals surface area contributed by atoms with E-state index >= 15 is 0 Å². The van der Waals surface area contributed by atoms with E-state index in [0.29, 0.717) is 44.2 Å². The van der Waals surface area contributed by atoms with E-state index in [2.05, 4.69) is 15.3 Å². The average Bonchev–Trinajstić information content (AvgIpc) is 2.74. The summed E-state index contributed by atoms with van der Waals surface area (Å²) in [5.74, 6) is 0.905. The average molecular weight is 402 g/mol. The number of carbonyl (C=O) groups is 1. The number of nitrogens with zero attached hydrogens (tertiary/aromatic N) is 5. The molecule has 2 heterocycles. The zero-order chi connectivity index (χ0) is 20.8. The van der Waals surface area contributed by atoms with E-state index in [1.807, 2.05) is 0 Å². The minimum atomic E-state index is -0.504. The molecule has 1 aromatic carbocycles. The van der Waals surface area contributed by atoms with E-state index in [1.165, 1.54) is 6.33 Å². The summed E-state index contributed by atoms with van der Waals surface area (Å²) in [5.41, 5.74) is 0.379. The van der Waals surface area contributed by atoms with E-state index in [4.69, 9.17) is 9.47 Å². The molecule has 0 unspecified atom stereocenters. The molecule has 2 aromatic rings. The Labute approximate surface area is 167 Å². The smallest absolute Gasteiger partial charge is 0.409 e. The molecule has 0 atom stereocenters. The van der Waals surface area contributed by atoms with Gasteiger partial charge in [0.2, 0.25) is 11.6 Å². The van der Waals surface area contributed by atoms with Crippen molar-refractivity contribution in [2.24, 2.45) is 0 Å². The number of ether oxygens (including phenoxy) is 2. The van der Waals surface area contributed by atoms with Crippen LogP contribution in [0.4, 0.5) is 27.8 Å². The van der Waals surface area contributed by atoms with Gasteiger partial charge in [0, 0.05) is 37.9 Å². The van der Waals surface area contributed by atoms with Gasteiger partial charge in [0.05, 0.1) is 18.6 Å². The van der Waals surface area contributed by atoms with Gasteiger partial charge < -0.3 is 24.6 Å². The summed E-state index contributed by atoms with van der Waals surface area (Å²) in [6.45, 7) is 3.62. The predicted octanol–water partition coefficient (Wildman–Crippen LogP) is 2.42. The first-order valence-corrected chi connectivity index (χ1v) is 9.10. The summed E-state index contributed by atoms with van der Waals surface area (Å²) < 4.78 is 10.2. The molecule has 1 aromatic heterocycles. The predicted molar refractivity (Wildman–Crippen MR) is 106 cm³/mol. The van der Waals surface area contributed by atoms with Gasteiger partial charge in [-0.3, -0.25) is 10.1 Å². The van der Waals surface area contributed by atoms with Gasteiger partial charge in [0.1, 0.15) is 12.1 Å². The lowest BCUT2D eigenvalue weighted by Crippen LogP contribution is -2.49. The standard InChI is InChI=1S/C18H22N6O5/c1-3-29-18(25)23-9-7-22(8-10-23)17-15(24(26)27)16(19-12-20-17)21-13-5-4-6-14(11-13)28-2/h4-6,11-12H,3,7-10H2,1-2H3,(H,19,20,21). The molecule has 0 spiro atoms. The van der Waals surface area contributed by atoms with Gasteiger partial charge in [-0.15, -0.1) is 0 Å². The van der Waals surface area contributed by atoms with Crippen molar-refractivity contribution in [2.75, 3.05) is 50.1 Å². The van der Waals surface area contributed by atoms with E-state index in [9.17, 15) is 14.9 Å². The fourth-order valence-electron chi connectivity index (χ4n) is 3.01. The number of methoxy groups -OCH3 is 1. The van der Waals surface area contributed by atoms with Gasteiger partial charge in [-0.1, -0.05) is 6.07 Å². The largest absolute Gasteiger partial charge is 0.497 e. The number of hydrogen-bond acceptors (Lipinski definition) is 9. The van der Waals surface area contributed by atoms with Crippen molar-refractivity contribution in [2.45, 2.75) is 6.92 Å². The van der Waals surface area contributed by atoms with Crippen LogP contribution in [0.5, 0.6) is 5.75 Å². The third kappa shape index (κ3) is 4.62. The Kier molecular flexibility index (Phi) is 6.27. The SMILES string of the molecule is CCOC(=O)N1CCN(c2ncnc(Nc3cccc(OC)c3)c2[N+](=O)[O-])CC1. The first-order valence-electron chi connectivity index (χ1n) is 9.10. The lowest BCUT2D eigenvalue weighted by molar-refractivity contribution is -0.383. The number of nitrogens with one attached hydrogen (secondary N) is 1. The molecule has 1 amide bonds. The van der Waals surface area contributed by atoms with E-state index in [1.54, 1.807) is 48.1 Å². The van der Waals surface area contributed by atoms with Crippen LogP contribution in [0.1, 0.15) is 6.92 Å². The Bertz CT molecular complexity index is 885. The number of nitro groups is 1. The minimum Gasteiger partial charge on any atom is -0.497 e. The first kappa shape index (κ1) is 20.1. The highest BCUT2D eigenvalue weighted by Crippen LogP contribution is 2.34. The van der Waals surface area contributed by atoms with Crippen LogP contribution in [0, 0.1) is 10.1 Å². The van der Waals surface area contributed by atoms with Crippen molar-refractivity contribution in [3.63, 3.8) is 0 Å². The maximum Gasteiger partial charge on any atom is 0.409 e. The maximum atomic E-state index is 11.9. The van der Waals surface area contributed by atoms with Crippen molar-refractivity contribution < 1.29 is 19.2 Å². The van der Waals surface area contributed by atoms with Crippen LogP contribution < -0.4 is 15.0 Å². The molecule has 1 aliphatic rings. The first-order chi connectivity index (χ1) is 14.0. The van der Waals surface area contributed by atoms with Crippen molar-refractivity contribution in [3.8, 4) is 5.75 Å². The lowest BCUT2D eigenvalue weighted by Gasteiger charge is -2.34. The second kappa shape index (κ2) is 9.04. The zero-order valence-corrected chi connectivity index (χ0v) is 16.2. The number of piperazine rings is 1. The van der Waals surface area contributed by atoms with Crippen LogP contribution >= 0.6 is 0 Å². The third-order valence-electron chi connectivity index (χ3n) is 4.42. The monoisotopic (exact) mass is 402 g/mol. The molecule has 0 aliphatic carbocycles. The molecule has 1 fully saturated rings. The number of anilines is 3. The summed E-state index contributed by atoms with van der Waals surface area (Å²) in [4.78, 5) is 34.7.